The van der Waals surface area contributed by atoms with E-state index in [9.17, 15) is 5.26 Å². The minimum Gasteiger partial charge on any atom is -0.455 e. The second kappa shape index (κ2) is 16.2. The number of furan rings is 1. The van der Waals surface area contributed by atoms with Crippen molar-refractivity contribution in [1.29, 1.82) is 5.26 Å². The topological polar surface area (TPSA) is 72.6 Å². The Kier molecular flexibility index (Phi) is 9.16. The van der Waals surface area contributed by atoms with Crippen LogP contribution in [0.5, 0.6) is 0 Å². The Labute approximate surface area is 408 Å². The van der Waals surface area contributed by atoms with E-state index in [-0.39, 0.29) is 0 Å². The van der Waals surface area contributed by atoms with Crippen LogP contribution in [0.15, 0.2) is 241 Å². The predicted octanol–water partition coefficient (Wildman–Crippen LogP) is 16.8. The standard InChI is InChI=1S/C65H39N5O/c66-40-53-60(43-24-10-3-11-25-43)67-65(68-61(53)44-26-12-4-13-27-44)45-38-51(41-20-6-1-7-21-41)62(52(39-45)42-22-8-2-9-23-42)70-55-33-19-17-31-50(55)59-57(70)37-35-48-47-34-36-56-58(63(47)71-64(48)59)49-30-16-18-32-54(49)69(56)46-28-14-5-15-29-46/h1-39H. The summed E-state index contributed by atoms with van der Waals surface area (Å²) in [6.45, 7) is 0. The van der Waals surface area contributed by atoms with Crippen LogP contribution in [0.1, 0.15) is 5.56 Å². The molecule has 0 aliphatic heterocycles. The third-order valence-corrected chi connectivity index (χ3v) is 14.0. The molecule has 71 heavy (non-hydrogen) atoms. The van der Waals surface area contributed by atoms with Gasteiger partial charge in [-0.3, -0.25) is 0 Å². The van der Waals surface area contributed by atoms with E-state index >= 15 is 0 Å². The maximum absolute atomic E-state index is 10.8. The fraction of sp³-hybridized carbons (Fsp3) is 0. The number of aromatic nitrogens is 4. The van der Waals surface area contributed by atoms with Crippen LogP contribution in [0.2, 0.25) is 0 Å². The smallest absolute Gasteiger partial charge is 0.160 e. The van der Waals surface area contributed by atoms with Gasteiger partial charge in [0, 0.05) is 55.0 Å². The molecule has 6 heteroatoms. The number of benzene rings is 10. The Bertz CT molecular complexity index is 4310. The van der Waals surface area contributed by atoms with Crippen molar-refractivity contribution in [1.82, 2.24) is 19.1 Å². The van der Waals surface area contributed by atoms with E-state index in [1.165, 1.54) is 0 Å². The van der Waals surface area contributed by atoms with Crippen LogP contribution >= 0.6 is 0 Å². The molecule has 0 atom stereocenters. The lowest BCUT2D eigenvalue weighted by Crippen LogP contribution is -2.04. The second-order valence-corrected chi connectivity index (χ2v) is 17.9. The first-order valence-electron chi connectivity index (χ1n) is 23.8. The van der Waals surface area contributed by atoms with E-state index in [1.54, 1.807) is 0 Å². The van der Waals surface area contributed by atoms with Gasteiger partial charge >= 0.3 is 0 Å². The summed E-state index contributed by atoms with van der Waals surface area (Å²) in [5.41, 5.74) is 16.3. The van der Waals surface area contributed by atoms with Crippen molar-refractivity contribution < 1.29 is 4.42 Å². The zero-order valence-electron chi connectivity index (χ0n) is 38.2. The van der Waals surface area contributed by atoms with Crippen LogP contribution in [0.3, 0.4) is 0 Å². The molecule has 4 aromatic heterocycles. The molecule has 14 aromatic rings. The van der Waals surface area contributed by atoms with Gasteiger partial charge in [0.15, 0.2) is 5.82 Å². The van der Waals surface area contributed by atoms with Crippen molar-refractivity contribution in [3.8, 4) is 73.6 Å². The fourth-order valence-corrected chi connectivity index (χ4v) is 10.9. The Morgan fingerprint density at radius 2 is 0.775 bits per heavy atom. The number of para-hydroxylation sites is 3. The quantitative estimate of drug-likeness (QED) is 0.160. The van der Waals surface area contributed by atoms with Gasteiger partial charge in [-0.05, 0) is 71.8 Å². The van der Waals surface area contributed by atoms with E-state index < -0.39 is 0 Å². The van der Waals surface area contributed by atoms with Crippen LogP contribution in [0, 0.1) is 11.3 Å². The monoisotopic (exact) mass is 905 g/mol. The third kappa shape index (κ3) is 6.27. The van der Waals surface area contributed by atoms with Crippen LogP contribution < -0.4 is 0 Å². The average molecular weight is 906 g/mol. The molecule has 0 bridgehead atoms. The van der Waals surface area contributed by atoms with Gasteiger partial charge in [-0.15, -0.1) is 0 Å². The molecule has 0 spiro atoms. The lowest BCUT2D eigenvalue weighted by atomic mass is 9.92. The van der Waals surface area contributed by atoms with E-state index in [2.05, 4.69) is 191 Å². The SMILES string of the molecule is N#Cc1c(-c2ccccc2)nc(-c2cc(-c3ccccc3)c(-n3c4ccccc4c4c5oc6c(ccc7c6c6ccccc6n7-c6ccccc6)c5ccc43)c(-c3ccccc3)c2)nc1-c1ccccc1. The summed E-state index contributed by atoms with van der Waals surface area (Å²) < 4.78 is 12.1. The van der Waals surface area contributed by atoms with Crippen molar-refractivity contribution >= 4 is 65.6 Å². The summed E-state index contributed by atoms with van der Waals surface area (Å²) in [5, 5.41) is 17.3. The van der Waals surface area contributed by atoms with Crippen LogP contribution in [-0.2, 0) is 0 Å². The highest BCUT2D eigenvalue weighted by Crippen LogP contribution is 2.48. The second-order valence-electron chi connectivity index (χ2n) is 17.9. The largest absolute Gasteiger partial charge is 0.455 e. The maximum atomic E-state index is 10.8. The van der Waals surface area contributed by atoms with Gasteiger partial charge in [0.1, 0.15) is 22.8 Å². The molecule has 0 radical (unpaired) electrons. The number of rotatable bonds is 7. The van der Waals surface area contributed by atoms with Crippen molar-refractivity contribution in [2.75, 3.05) is 0 Å². The van der Waals surface area contributed by atoms with Crippen LogP contribution in [-0.4, -0.2) is 19.1 Å². The fourth-order valence-electron chi connectivity index (χ4n) is 10.9. The number of hydrogen-bond donors (Lipinski definition) is 0. The molecule has 0 amide bonds. The Morgan fingerprint density at radius 1 is 0.366 bits per heavy atom. The first-order chi connectivity index (χ1) is 35.2. The third-order valence-electron chi connectivity index (χ3n) is 14.0. The Balaban J connectivity index is 1.08. The van der Waals surface area contributed by atoms with Crippen molar-refractivity contribution in [3.05, 3.63) is 242 Å². The molecule has 0 unspecified atom stereocenters. The summed E-state index contributed by atoms with van der Waals surface area (Å²) in [6, 6.07) is 84.8. The summed E-state index contributed by atoms with van der Waals surface area (Å²) in [6.07, 6.45) is 0. The Hall–Kier alpha value is -9.83. The van der Waals surface area contributed by atoms with Gasteiger partial charge in [-0.25, -0.2) is 9.97 Å². The van der Waals surface area contributed by atoms with Crippen LogP contribution in [0.25, 0.3) is 133 Å². The molecular weight excluding hydrogens is 867 g/mol. The molecule has 0 saturated carbocycles. The van der Waals surface area contributed by atoms with Crippen molar-refractivity contribution in [3.63, 3.8) is 0 Å². The predicted molar refractivity (Wildman–Crippen MR) is 290 cm³/mol. The van der Waals surface area contributed by atoms with Gasteiger partial charge in [0.2, 0.25) is 0 Å². The first kappa shape index (κ1) is 40.3. The average Bonchev–Trinajstić information content (AvgIpc) is 4.11. The van der Waals surface area contributed by atoms with Gasteiger partial charge in [-0.2, -0.15) is 5.26 Å². The lowest BCUT2D eigenvalue weighted by molar-refractivity contribution is 0.677. The van der Waals surface area contributed by atoms with Crippen molar-refractivity contribution in [2.24, 2.45) is 0 Å². The first-order valence-corrected chi connectivity index (χ1v) is 23.8. The number of hydrogen-bond acceptors (Lipinski definition) is 4. The zero-order chi connectivity index (χ0) is 47.0. The molecule has 0 aliphatic carbocycles. The van der Waals surface area contributed by atoms with Gasteiger partial charge in [0.25, 0.3) is 0 Å². The summed E-state index contributed by atoms with van der Waals surface area (Å²) in [5.74, 6) is 0.522. The van der Waals surface area contributed by atoms with Gasteiger partial charge < -0.3 is 13.6 Å². The highest BCUT2D eigenvalue weighted by Gasteiger charge is 2.27. The number of nitriles is 1. The molecular formula is C65H39N5O. The van der Waals surface area contributed by atoms with Crippen LogP contribution in [0.4, 0.5) is 0 Å². The summed E-state index contributed by atoms with van der Waals surface area (Å²) >= 11 is 0. The maximum Gasteiger partial charge on any atom is 0.160 e. The zero-order valence-corrected chi connectivity index (χ0v) is 38.2. The van der Waals surface area contributed by atoms with Gasteiger partial charge in [0.05, 0.1) is 49.9 Å². The molecule has 0 saturated heterocycles. The van der Waals surface area contributed by atoms with E-state index in [1.807, 2.05) is 60.7 Å². The summed E-state index contributed by atoms with van der Waals surface area (Å²) in [4.78, 5) is 10.6. The molecule has 0 N–H and O–H groups in total. The molecule has 0 fully saturated rings. The summed E-state index contributed by atoms with van der Waals surface area (Å²) in [7, 11) is 0. The lowest BCUT2D eigenvalue weighted by Gasteiger charge is -2.21. The Morgan fingerprint density at radius 3 is 1.25 bits per heavy atom. The van der Waals surface area contributed by atoms with Crippen molar-refractivity contribution in [2.45, 2.75) is 0 Å². The molecule has 6 nitrogen and oxygen atoms in total. The van der Waals surface area contributed by atoms with E-state index in [0.29, 0.717) is 22.8 Å². The molecule has 14 rings (SSSR count). The number of fused-ring (bicyclic) bond motifs is 11. The highest BCUT2D eigenvalue weighted by molar-refractivity contribution is 6.29. The normalized spacial score (nSPS) is 11.6. The molecule has 10 aromatic carbocycles. The minimum absolute atomic E-state index is 0.430. The molecule has 330 valence electrons. The minimum atomic E-state index is 0.430. The van der Waals surface area contributed by atoms with Gasteiger partial charge in [-0.1, -0.05) is 176 Å². The van der Waals surface area contributed by atoms with E-state index in [0.717, 1.165) is 116 Å². The van der Waals surface area contributed by atoms with E-state index in [4.69, 9.17) is 14.4 Å². The molecule has 0 aliphatic rings. The highest BCUT2D eigenvalue weighted by atomic mass is 16.3. The molecule has 4 heterocycles. The number of nitrogens with zero attached hydrogens (tertiary/aromatic N) is 5.